The normalized spacial score (nSPS) is 26.3. The molecule has 0 aromatic heterocycles. The average Bonchev–Trinajstić information content (AvgIpc) is 3.04. The lowest BCUT2D eigenvalue weighted by Crippen LogP contribution is -2.51. The van der Waals surface area contributed by atoms with Crippen molar-refractivity contribution in [1.29, 1.82) is 0 Å². The van der Waals surface area contributed by atoms with Crippen LogP contribution < -0.4 is 5.32 Å². The third-order valence-electron chi connectivity index (χ3n) is 8.10. The molecule has 0 unspecified atom stereocenters. The maximum Gasteiger partial charge on any atom is 0.325 e. The number of carbonyl (C=O) groups is 3. The Morgan fingerprint density at radius 1 is 1.16 bits per heavy atom. The average molecular weight is 438 g/mol. The number of imide groups is 1. The lowest BCUT2D eigenvalue weighted by atomic mass is 9.65. The first kappa shape index (κ1) is 22.6. The molecule has 32 heavy (non-hydrogen) atoms. The summed E-state index contributed by atoms with van der Waals surface area (Å²) in [6.45, 7) is 7.70. The summed E-state index contributed by atoms with van der Waals surface area (Å²) in [6.07, 6.45) is 7.10. The van der Waals surface area contributed by atoms with Gasteiger partial charge in [-0.3, -0.25) is 14.5 Å². The standard InChI is InChI=1S/C26H35N3O3/c1-4-25(2,3)21-10-14-26(15-11-21)23(31)29(24(32)27-26)18-22(30)28-16-12-20(13-17-28)19-8-6-5-7-9-19/h5-9,12,21H,4,10-11,13-18H2,1-3H3,(H,27,32). The second kappa shape index (κ2) is 8.72. The van der Waals surface area contributed by atoms with Gasteiger partial charge in [0.25, 0.3) is 5.91 Å². The predicted molar refractivity (Wildman–Crippen MR) is 125 cm³/mol. The van der Waals surface area contributed by atoms with E-state index < -0.39 is 11.6 Å². The van der Waals surface area contributed by atoms with Crippen LogP contribution in [0.1, 0.15) is 64.9 Å². The first-order chi connectivity index (χ1) is 15.3. The quantitative estimate of drug-likeness (QED) is 0.701. The topological polar surface area (TPSA) is 69.7 Å². The highest BCUT2D eigenvalue weighted by Gasteiger charge is 2.53. The minimum Gasteiger partial charge on any atom is -0.337 e. The van der Waals surface area contributed by atoms with E-state index in [-0.39, 0.29) is 23.8 Å². The van der Waals surface area contributed by atoms with Crippen LogP contribution in [-0.2, 0) is 9.59 Å². The Morgan fingerprint density at radius 2 is 1.84 bits per heavy atom. The van der Waals surface area contributed by atoms with Gasteiger partial charge in [0.05, 0.1) is 0 Å². The highest BCUT2D eigenvalue weighted by atomic mass is 16.2. The van der Waals surface area contributed by atoms with Gasteiger partial charge in [-0.2, -0.15) is 0 Å². The molecule has 6 heteroatoms. The lowest BCUT2D eigenvalue weighted by Gasteiger charge is -2.42. The highest BCUT2D eigenvalue weighted by molar-refractivity contribution is 6.09. The maximum atomic E-state index is 13.2. The molecule has 1 saturated carbocycles. The first-order valence-corrected chi connectivity index (χ1v) is 11.9. The van der Waals surface area contributed by atoms with Crippen molar-refractivity contribution in [2.45, 2.75) is 64.8 Å². The molecule has 1 spiro atoms. The van der Waals surface area contributed by atoms with E-state index in [0.29, 0.717) is 31.8 Å². The summed E-state index contributed by atoms with van der Waals surface area (Å²) in [4.78, 5) is 41.7. The molecule has 4 amide bonds. The largest absolute Gasteiger partial charge is 0.337 e. The molecule has 2 fully saturated rings. The molecule has 0 atom stereocenters. The van der Waals surface area contributed by atoms with E-state index >= 15 is 0 Å². The number of nitrogens with zero attached hydrogens (tertiary/aromatic N) is 2. The molecule has 1 saturated heterocycles. The van der Waals surface area contributed by atoms with Gasteiger partial charge in [-0.15, -0.1) is 0 Å². The maximum absolute atomic E-state index is 13.2. The summed E-state index contributed by atoms with van der Waals surface area (Å²) in [5.41, 5.74) is 1.83. The number of rotatable bonds is 5. The Hall–Kier alpha value is -2.63. The third kappa shape index (κ3) is 4.19. The van der Waals surface area contributed by atoms with Crippen LogP contribution in [0.15, 0.2) is 36.4 Å². The fourth-order valence-electron chi connectivity index (χ4n) is 5.38. The smallest absolute Gasteiger partial charge is 0.325 e. The molecular weight excluding hydrogens is 402 g/mol. The molecule has 172 valence electrons. The second-order valence-corrected chi connectivity index (χ2v) is 10.2. The Labute approximate surface area is 191 Å². The van der Waals surface area contributed by atoms with Crippen LogP contribution in [-0.4, -0.2) is 52.8 Å². The van der Waals surface area contributed by atoms with Crippen LogP contribution in [0.2, 0.25) is 0 Å². The molecule has 0 radical (unpaired) electrons. The van der Waals surface area contributed by atoms with Crippen molar-refractivity contribution in [1.82, 2.24) is 15.1 Å². The van der Waals surface area contributed by atoms with Crippen molar-refractivity contribution in [2.24, 2.45) is 11.3 Å². The summed E-state index contributed by atoms with van der Waals surface area (Å²) in [6, 6.07) is 9.74. The van der Waals surface area contributed by atoms with Gasteiger partial charge in [-0.05, 0) is 54.6 Å². The van der Waals surface area contributed by atoms with Crippen molar-refractivity contribution in [3.63, 3.8) is 0 Å². The molecular formula is C26H35N3O3. The number of hydrogen-bond donors (Lipinski definition) is 1. The van der Waals surface area contributed by atoms with Gasteiger partial charge in [-0.25, -0.2) is 4.79 Å². The zero-order valence-electron chi connectivity index (χ0n) is 19.5. The fourth-order valence-corrected chi connectivity index (χ4v) is 5.38. The Kier molecular flexibility index (Phi) is 6.15. The summed E-state index contributed by atoms with van der Waals surface area (Å²) < 4.78 is 0. The second-order valence-electron chi connectivity index (χ2n) is 10.2. The van der Waals surface area contributed by atoms with Crippen molar-refractivity contribution in [2.75, 3.05) is 19.6 Å². The van der Waals surface area contributed by atoms with Crippen LogP contribution in [0.25, 0.3) is 5.57 Å². The van der Waals surface area contributed by atoms with E-state index in [9.17, 15) is 14.4 Å². The molecule has 1 aliphatic carbocycles. The van der Waals surface area contributed by atoms with E-state index in [1.807, 2.05) is 18.2 Å². The lowest BCUT2D eigenvalue weighted by molar-refractivity contribution is -0.139. The fraction of sp³-hybridized carbons (Fsp3) is 0.577. The van der Waals surface area contributed by atoms with Crippen LogP contribution in [0.4, 0.5) is 4.79 Å². The van der Waals surface area contributed by atoms with Crippen LogP contribution in [0, 0.1) is 11.3 Å². The van der Waals surface area contributed by atoms with Crippen molar-refractivity contribution >= 4 is 23.4 Å². The number of nitrogens with one attached hydrogen (secondary N) is 1. The summed E-state index contributed by atoms with van der Waals surface area (Å²) >= 11 is 0. The van der Waals surface area contributed by atoms with Gasteiger partial charge in [0.1, 0.15) is 12.1 Å². The van der Waals surface area contributed by atoms with E-state index in [4.69, 9.17) is 0 Å². The molecule has 3 aliphatic rings. The summed E-state index contributed by atoms with van der Waals surface area (Å²) in [5.74, 6) is 0.160. The van der Waals surface area contributed by atoms with E-state index in [1.165, 1.54) is 11.1 Å². The van der Waals surface area contributed by atoms with Crippen molar-refractivity contribution in [3.05, 3.63) is 42.0 Å². The molecule has 1 aromatic rings. The summed E-state index contributed by atoms with van der Waals surface area (Å²) in [7, 11) is 0. The molecule has 6 nitrogen and oxygen atoms in total. The van der Waals surface area contributed by atoms with Crippen LogP contribution >= 0.6 is 0 Å². The number of benzene rings is 1. The Morgan fingerprint density at radius 3 is 2.44 bits per heavy atom. The molecule has 1 N–H and O–H groups in total. The predicted octanol–water partition coefficient (Wildman–Crippen LogP) is 4.22. The number of amides is 4. The van der Waals surface area contributed by atoms with Gasteiger partial charge < -0.3 is 10.2 Å². The Balaban J connectivity index is 1.36. The summed E-state index contributed by atoms with van der Waals surface area (Å²) in [5, 5.41) is 2.95. The van der Waals surface area contributed by atoms with E-state index in [2.05, 4.69) is 44.3 Å². The highest BCUT2D eigenvalue weighted by Crippen LogP contribution is 2.45. The van der Waals surface area contributed by atoms with Gasteiger partial charge in [0.2, 0.25) is 5.91 Å². The van der Waals surface area contributed by atoms with E-state index in [1.54, 1.807) is 4.90 Å². The minimum atomic E-state index is -0.819. The molecule has 0 bridgehead atoms. The van der Waals surface area contributed by atoms with Crippen molar-refractivity contribution < 1.29 is 14.4 Å². The van der Waals surface area contributed by atoms with E-state index in [0.717, 1.165) is 30.6 Å². The Bertz CT molecular complexity index is 914. The minimum absolute atomic E-state index is 0.172. The van der Waals surface area contributed by atoms with Gasteiger partial charge in [-0.1, -0.05) is 63.6 Å². The molecule has 2 heterocycles. The third-order valence-corrected chi connectivity index (χ3v) is 8.10. The van der Waals surface area contributed by atoms with Crippen LogP contribution in [0.3, 0.4) is 0 Å². The molecule has 4 rings (SSSR count). The molecule has 2 aliphatic heterocycles. The van der Waals surface area contributed by atoms with Crippen LogP contribution in [0.5, 0.6) is 0 Å². The number of carbonyl (C=O) groups excluding carboxylic acids is 3. The van der Waals surface area contributed by atoms with Gasteiger partial charge in [0, 0.05) is 13.1 Å². The van der Waals surface area contributed by atoms with Gasteiger partial charge >= 0.3 is 6.03 Å². The SMILES string of the molecule is CCC(C)(C)C1CCC2(CC1)NC(=O)N(CC(=O)N1CC=C(c3ccccc3)CC1)C2=O. The van der Waals surface area contributed by atoms with Gasteiger partial charge in [0.15, 0.2) is 0 Å². The zero-order valence-corrected chi connectivity index (χ0v) is 19.5. The number of urea groups is 1. The first-order valence-electron chi connectivity index (χ1n) is 11.9. The molecule has 1 aromatic carbocycles. The van der Waals surface area contributed by atoms with Crippen molar-refractivity contribution in [3.8, 4) is 0 Å². The zero-order chi connectivity index (χ0) is 22.9. The monoisotopic (exact) mass is 437 g/mol. The number of hydrogen-bond acceptors (Lipinski definition) is 3.